The van der Waals surface area contributed by atoms with Gasteiger partial charge < -0.3 is 15.5 Å². The Hall–Kier alpha value is -1.10. The Morgan fingerprint density at radius 3 is 2.78 bits per heavy atom. The molecule has 0 saturated heterocycles. The highest BCUT2D eigenvalue weighted by atomic mass is 35.5. The van der Waals surface area contributed by atoms with E-state index in [9.17, 15) is 4.79 Å². The number of carbonyl (C=O) groups is 1. The molecule has 1 unspecified atom stereocenters. The number of hydrogen-bond donors (Lipinski definition) is 2. The highest BCUT2D eigenvalue weighted by molar-refractivity contribution is 6.30. The van der Waals surface area contributed by atoms with Crippen molar-refractivity contribution in [3.05, 3.63) is 29.3 Å². The van der Waals surface area contributed by atoms with Gasteiger partial charge in [-0.15, -0.1) is 0 Å². The van der Waals surface area contributed by atoms with Gasteiger partial charge in [-0.3, -0.25) is 4.79 Å². The molecule has 0 spiro atoms. The number of likely N-dealkylation sites (N-methyl/N-ethyl adjacent to an activating group) is 1. The van der Waals surface area contributed by atoms with E-state index in [1.165, 1.54) is 0 Å². The minimum Gasteiger partial charge on any atom is -0.325 e. The van der Waals surface area contributed by atoms with Crippen LogP contribution in [0.1, 0.15) is 6.92 Å². The third kappa shape index (κ3) is 5.49. The van der Waals surface area contributed by atoms with E-state index in [2.05, 4.69) is 22.5 Å². The highest BCUT2D eigenvalue weighted by Crippen LogP contribution is 2.14. The zero-order chi connectivity index (χ0) is 13.5. The van der Waals surface area contributed by atoms with Gasteiger partial charge in [-0.1, -0.05) is 17.7 Å². The van der Waals surface area contributed by atoms with Gasteiger partial charge in [0.05, 0.1) is 6.54 Å². The van der Waals surface area contributed by atoms with Gasteiger partial charge in [0.25, 0.3) is 0 Å². The zero-order valence-electron chi connectivity index (χ0n) is 11.0. The van der Waals surface area contributed by atoms with Crippen LogP contribution in [-0.2, 0) is 4.79 Å². The van der Waals surface area contributed by atoms with E-state index in [0.717, 1.165) is 12.2 Å². The summed E-state index contributed by atoms with van der Waals surface area (Å²) in [5.41, 5.74) is 0.718. The van der Waals surface area contributed by atoms with E-state index in [1.54, 1.807) is 18.2 Å². The maximum atomic E-state index is 11.6. The first-order valence-corrected chi connectivity index (χ1v) is 6.29. The van der Waals surface area contributed by atoms with Gasteiger partial charge in [-0.25, -0.2) is 0 Å². The Morgan fingerprint density at radius 1 is 1.44 bits per heavy atom. The lowest BCUT2D eigenvalue weighted by atomic mass is 10.3. The van der Waals surface area contributed by atoms with Crippen LogP contribution in [0.5, 0.6) is 0 Å². The third-order valence-electron chi connectivity index (χ3n) is 2.72. The molecule has 0 aliphatic rings. The predicted molar refractivity (Wildman–Crippen MR) is 76.1 cm³/mol. The van der Waals surface area contributed by atoms with Crippen molar-refractivity contribution in [2.45, 2.75) is 13.0 Å². The molecule has 2 N–H and O–H groups in total. The molecule has 0 radical (unpaired) electrons. The number of anilines is 1. The molecule has 0 heterocycles. The Morgan fingerprint density at radius 2 is 2.17 bits per heavy atom. The van der Waals surface area contributed by atoms with Crippen molar-refractivity contribution in [3.8, 4) is 0 Å². The molecule has 1 amide bonds. The van der Waals surface area contributed by atoms with Gasteiger partial charge >= 0.3 is 0 Å². The van der Waals surface area contributed by atoms with E-state index < -0.39 is 0 Å². The fourth-order valence-corrected chi connectivity index (χ4v) is 1.54. The third-order valence-corrected chi connectivity index (χ3v) is 2.95. The van der Waals surface area contributed by atoms with Crippen LogP contribution in [0.15, 0.2) is 24.3 Å². The van der Waals surface area contributed by atoms with Crippen LogP contribution in [-0.4, -0.2) is 44.0 Å². The summed E-state index contributed by atoms with van der Waals surface area (Å²) in [5.74, 6) is -0.0665. The first-order chi connectivity index (χ1) is 8.49. The lowest BCUT2D eigenvalue weighted by Crippen LogP contribution is -2.38. The molecule has 5 heteroatoms. The summed E-state index contributed by atoms with van der Waals surface area (Å²) >= 11 is 5.84. The first-order valence-electron chi connectivity index (χ1n) is 5.91. The fraction of sp³-hybridized carbons (Fsp3) is 0.462. The van der Waals surface area contributed by atoms with E-state index in [4.69, 9.17) is 11.6 Å². The normalized spacial score (nSPS) is 12.5. The van der Waals surface area contributed by atoms with Crippen LogP contribution in [0, 0.1) is 0 Å². The number of carbonyl (C=O) groups excluding carboxylic acids is 1. The molecule has 1 rings (SSSR count). The van der Waals surface area contributed by atoms with Crippen LogP contribution in [0.25, 0.3) is 0 Å². The molecule has 0 aromatic heterocycles. The van der Waals surface area contributed by atoms with Crippen LogP contribution in [0.4, 0.5) is 5.69 Å². The molecular weight excluding hydrogens is 250 g/mol. The van der Waals surface area contributed by atoms with E-state index >= 15 is 0 Å². The molecule has 4 nitrogen and oxygen atoms in total. The van der Waals surface area contributed by atoms with Gasteiger partial charge in [0.15, 0.2) is 0 Å². The molecule has 0 fully saturated rings. The van der Waals surface area contributed by atoms with Crippen molar-refractivity contribution in [3.63, 3.8) is 0 Å². The predicted octanol–water partition coefficient (Wildman–Crippen LogP) is 1.82. The van der Waals surface area contributed by atoms with Crippen molar-refractivity contribution < 1.29 is 4.79 Å². The van der Waals surface area contributed by atoms with E-state index in [1.807, 2.05) is 20.2 Å². The standard InChI is InChI=1S/C13H20ClN3O/c1-10(17(2)3)8-15-9-13(18)16-12-6-4-5-11(14)7-12/h4-7,10,15H,8-9H2,1-3H3,(H,16,18). The Labute approximate surface area is 113 Å². The van der Waals surface area contributed by atoms with Crippen LogP contribution in [0.3, 0.4) is 0 Å². The smallest absolute Gasteiger partial charge is 0.238 e. The van der Waals surface area contributed by atoms with Crippen molar-refractivity contribution in [2.75, 3.05) is 32.5 Å². The largest absolute Gasteiger partial charge is 0.325 e. The summed E-state index contributed by atoms with van der Waals surface area (Å²) in [6.45, 7) is 3.17. The fourth-order valence-electron chi connectivity index (χ4n) is 1.35. The molecule has 0 aliphatic heterocycles. The van der Waals surface area contributed by atoms with Crippen molar-refractivity contribution in [1.29, 1.82) is 0 Å². The van der Waals surface area contributed by atoms with Crippen molar-refractivity contribution in [1.82, 2.24) is 10.2 Å². The second-order valence-corrected chi connectivity index (χ2v) is 4.94. The second kappa shape index (κ2) is 7.36. The quantitative estimate of drug-likeness (QED) is 0.828. The summed E-state index contributed by atoms with van der Waals surface area (Å²) in [7, 11) is 4.02. The van der Waals surface area contributed by atoms with E-state index in [0.29, 0.717) is 17.6 Å². The van der Waals surface area contributed by atoms with Crippen molar-refractivity contribution in [2.24, 2.45) is 0 Å². The van der Waals surface area contributed by atoms with Gasteiger partial charge in [-0.05, 0) is 39.2 Å². The Bertz CT molecular complexity index is 396. The number of hydrogen-bond acceptors (Lipinski definition) is 3. The van der Waals surface area contributed by atoms with Crippen LogP contribution in [0.2, 0.25) is 5.02 Å². The maximum Gasteiger partial charge on any atom is 0.238 e. The maximum absolute atomic E-state index is 11.6. The summed E-state index contributed by atoms with van der Waals surface area (Å²) in [5, 5.41) is 6.51. The molecule has 0 bridgehead atoms. The van der Waals surface area contributed by atoms with Gasteiger partial charge in [-0.2, -0.15) is 0 Å². The monoisotopic (exact) mass is 269 g/mol. The topological polar surface area (TPSA) is 44.4 Å². The van der Waals surface area contributed by atoms with Gasteiger partial charge in [0, 0.05) is 23.3 Å². The first kappa shape index (κ1) is 15.0. The summed E-state index contributed by atoms with van der Waals surface area (Å²) < 4.78 is 0. The molecule has 0 aliphatic carbocycles. The number of nitrogens with zero attached hydrogens (tertiary/aromatic N) is 1. The molecule has 1 aromatic carbocycles. The summed E-state index contributed by atoms with van der Waals surface area (Å²) in [6, 6.07) is 7.51. The zero-order valence-corrected chi connectivity index (χ0v) is 11.8. The average Bonchev–Trinajstić information content (AvgIpc) is 2.28. The van der Waals surface area contributed by atoms with E-state index in [-0.39, 0.29) is 5.91 Å². The molecule has 1 atom stereocenters. The minimum atomic E-state index is -0.0665. The Balaban J connectivity index is 2.30. The number of rotatable bonds is 6. The molecule has 100 valence electrons. The van der Waals surface area contributed by atoms with Gasteiger partial charge in [0.1, 0.15) is 0 Å². The molecule has 0 saturated carbocycles. The summed E-state index contributed by atoms with van der Waals surface area (Å²) in [4.78, 5) is 13.7. The van der Waals surface area contributed by atoms with Crippen LogP contribution >= 0.6 is 11.6 Å². The number of amides is 1. The molecular formula is C13H20ClN3O. The second-order valence-electron chi connectivity index (χ2n) is 4.50. The van der Waals surface area contributed by atoms with Crippen molar-refractivity contribution >= 4 is 23.2 Å². The summed E-state index contributed by atoms with van der Waals surface area (Å²) in [6.07, 6.45) is 0. The highest BCUT2D eigenvalue weighted by Gasteiger charge is 2.06. The van der Waals surface area contributed by atoms with Gasteiger partial charge in [0.2, 0.25) is 5.91 Å². The average molecular weight is 270 g/mol. The lowest BCUT2D eigenvalue weighted by molar-refractivity contribution is -0.115. The number of halogens is 1. The lowest BCUT2D eigenvalue weighted by Gasteiger charge is -2.19. The van der Waals surface area contributed by atoms with Crippen LogP contribution < -0.4 is 10.6 Å². The SMILES string of the molecule is CC(CNCC(=O)Nc1cccc(Cl)c1)N(C)C. The Kier molecular flexibility index (Phi) is 6.12. The number of nitrogens with one attached hydrogen (secondary N) is 2. The molecule has 1 aromatic rings. The number of benzene rings is 1. The minimum absolute atomic E-state index is 0.0665. The molecule has 18 heavy (non-hydrogen) atoms.